The molecule has 4 nitrogen and oxygen atoms in total. The molecule has 4 atom stereocenters. The van der Waals surface area contributed by atoms with Crippen LogP contribution in [0.25, 0.3) is 0 Å². The first-order valence-corrected chi connectivity index (χ1v) is 6.48. The minimum atomic E-state index is -0.775. The van der Waals surface area contributed by atoms with Crippen LogP contribution < -0.4 is 0 Å². The first kappa shape index (κ1) is 15.4. The molecule has 1 saturated heterocycles. The maximum absolute atomic E-state index is 12.1. The SMILES string of the molecule is C[C@@H](O)[C@@H]1C(=O)O[C@@H](C(C)(C)C)O[C@H]1C(C)(C)C. The summed E-state index contributed by atoms with van der Waals surface area (Å²) >= 11 is 0. The van der Waals surface area contributed by atoms with Gasteiger partial charge in [-0.3, -0.25) is 4.79 Å². The van der Waals surface area contributed by atoms with Crippen LogP contribution in [0, 0.1) is 16.7 Å². The van der Waals surface area contributed by atoms with Crippen LogP contribution >= 0.6 is 0 Å². The molecule has 0 aromatic rings. The van der Waals surface area contributed by atoms with E-state index in [0.29, 0.717) is 0 Å². The smallest absolute Gasteiger partial charge is 0.316 e. The summed E-state index contributed by atoms with van der Waals surface area (Å²) in [6.45, 7) is 13.5. The number of carbonyl (C=O) groups is 1. The van der Waals surface area contributed by atoms with E-state index >= 15 is 0 Å². The summed E-state index contributed by atoms with van der Waals surface area (Å²) in [7, 11) is 0. The van der Waals surface area contributed by atoms with E-state index in [2.05, 4.69) is 0 Å². The lowest BCUT2D eigenvalue weighted by Crippen LogP contribution is -2.55. The van der Waals surface area contributed by atoms with Gasteiger partial charge in [-0.2, -0.15) is 0 Å². The molecule has 0 aromatic heterocycles. The van der Waals surface area contributed by atoms with Gasteiger partial charge in [-0.25, -0.2) is 0 Å². The number of aliphatic hydroxyl groups excluding tert-OH is 1. The Morgan fingerprint density at radius 1 is 1.11 bits per heavy atom. The third-order valence-electron chi connectivity index (χ3n) is 3.17. The molecule has 4 heteroatoms. The molecule has 0 spiro atoms. The predicted molar refractivity (Wildman–Crippen MR) is 68.8 cm³/mol. The Bertz CT molecular complexity index is 309. The lowest BCUT2D eigenvalue weighted by molar-refractivity contribution is -0.279. The van der Waals surface area contributed by atoms with Crippen molar-refractivity contribution in [1.29, 1.82) is 0 Å². The second-order valence-electron chi connectivity index (χ2n) is 7.32. The number of cyclic esters (lactones) is 1. The van der Waals surface area contributed by atoms with Gasteiger partial charge >= 0.3 is 5.97 Å². The summed E-state index contributed by atoms with van der Waals surface area (Å²) < 4.78 is 11.3. The molecule has 1 rings (SSSR count). The number of ether oxygens (including phenoxy) is 2. The van der Waals surface area contributed by atoms with E-state index in [0.717, 1.165) is 0 Å². The fraction of sp³-hybridized carbons (Fsp3) is 0.929. The molecule has 0 bridgehead atoms. The molecular weight excluding hydrogens is 232 g/mol. The van der Waals surface area contributed by atoms with Crippen molar-refractivity contribution in [2.24, 2.45) is 16.7 Å². The summed E-state index contributed by atoms with van der Waals surface area (Å²) in [6, 6.07) is 0. The Kier molecular flexibility index (Phi) is 4.13. The summed E-state index contributed by atoms with van der Waals surface area (Å²) in [5, 5.41) is 9.79. The van der Waals surface area contributed by atoms with Gasteiger partial charge in [0.1, 0.15) is 5.92 Å². The zero-order chi connectivity index (χ0) is 14.3. The lowest BCUT2D eigenvalue weighted by Gasteiger charge is -2.46. The van der Waals surface area contributed by atoms with Crippen LogP contribution in [0.2, 0.25) is 0 Å². The molecule has 1 aliphatic rings. The van der Waals surface area contributed by atoms with E-state index in [1.807, 2.05) is 41.5 Å². The number of hydrogen-bond acceptors (Lipinski definition) is 4. The highest BCUT2D eigenvalue weighted by atomic mass is 16.7. The molecule has 1 heterocycles. The van der Waals surface area contributed by atoms with Gasteiger partial charge < -0.3 is 14.6 Å². The van der Waals surface area contributed by atoms with Crippen molar-refractivity contribution < 1.29 is 19.4 Å². The van der Waals surface area contributed by atoms with Crippen LogP contribution in [0.3, 0.4) is 0 Å². The van der Waals surface area contributed by atoms with Crippen LogP contribution in [0.1, 0.15) is 48.5 Å². The monoisotopic (exact) mass is 258 g/mol. The highest BCUT2D eigenvalue weighted by molar-refractivity contribution is 5.74. The maximum Gasteiger partial charge on any atom is 0.316 e. The molecule has 1 aliphatic heterocycles. The molecule has 1 N–H and O–H groups in total. The normalized spacial score (nSPS) is 32.0. The molecule has 0 saturated carbocycles. The molecule has 106 valence electrons. The minimum absolute atomic E-state index is 0.232. The molecule has 1 fully saturated rings. The number of rotatable bonds is 1. The van der Waals surface area contributed by atoms with Crippen molar-refractivity contribution in [3.05, 3.63) is 0 Å². The average molecular weight is 258 g/mol. The highest BCUT2D eigenvalue weighted by Gasteiger charge is 2.49. The van der Waals surface area contributed by atoms with E-state index < -0.39 is 18.3 Å². The zero-order valence-electron chi connectivity index (χ0n) is 12.5. The van der Waals surface area contributed by atoms with Crippen LogP contribution in [0.15, 0.2) is 0 Å². The standard InChI is InChI=1S/C14H26O4/c1-8(15)9-10(13(2,3)4)17-12(14(5,6)7)18-11(9)16/h8-10,12,15H,1-7H3/t8-,9+,10-,12+/m1/s1. The van der Waals surface area contributed by atoms with Crippen molar-refractivity contribution in [2.75, 3.05) is 0 Å². The summed E-state index contributed by atoms with van der Waals surface area (Å²) in [6.07, 6.45) is -1.69. The number of esters is 1. The molecule has 0 aliphatic carbocycles. The molecular formula is C14H26O4. The predicted octanol–water partition coefficient (Wildman–Crippen LogP) is 2.34. The zero-order valence-corrected chi connectivity index (χ0v) is 12.5. The van der Waals surface area contributed by atoms with E-state index in [9.17, 15) is 9.90 Å². The van der Waals surface area contributed by atoms with Crippen molar-refractivity contribution >= 4 is 5.97 Å². The molecule has 18 heavy (non-hydrogen) atoms. The molecule has 0 aromatic carbocycles. The Labute approximate surface area is 110 Å². The first-order chi connectivity index (χ1) is 7.94. The van der Waals surface area contributed by atoms with Gasteiger partial charge in [0, 0.05) is 5.41 Å². The summed E-state index contributed by atoms with van der Waals surface area (Å²) in [5.41, 5.74) is -0.507. The summed E-state index contributed by atoms with van der Waals surface area (Å²) in [5.74, 6) is -0.986. The second kappa shape index (κ2) is 4.82. The third-order valence-corrected chi connectivity index (χ3v) is 3.17. The fourth-order valence-electron chi connectivity index (χ4n) is 2.13. The largest absolute Gasteiger partial charge is 0.435 e. The fourth-order valence-corrected chi connectivity index (χ4v) is 2.13. The average Bonchev–Trinajstić information content (AvgIpc) is 2.12. The third kappa shape index (κ3) is 3.23. The summed E-state index contributed by atoms with van der Waals surface area (Å²) in [4.78, 5) is 12.1. The number of aliphatic hydroxyl groups is 1. The molecule has 0 radical (unpaired) electrons. The van der Waals surface area contributed by atoms with E-state index in [4.69, 9.17) is 9.47 Å². The van der Waals surface area contributed by atoms with Crippen molar-refractivity contribution in [3.63, 3.8) is 0 Å². The Balaban J connectivity index is 3.03. The topological polar surface area (TPSA) is 55.8 Å². The second-order valence-corrected chi connectivity index (χ2v) is 7.32. The Hall–Kier alpha value is -0.610. The minimum Gasteiger partial charge on any atom is -0.435 e. The molecule has 0 amide bonds. The van der Waals surface area contributed by atoms with Crippen LogP contribution in [-0.4, -0.2) is 29.6 Å². The van der Waals surface area contributed by atoms with Crippen molar-refractivity contribution in [2.45, 2.75) is 67.0 Å². The van der Waals surface area contributed by atoms with Gasteiger partial charge in [0.2, 0.25) is 6.29 Å². The Morgan fingerprint density at radius 2 is 1.61 bits per heavy atom. The van der Waals surface area contributed by atoms with Crippen molar-refractivity contribution in [3.8, 4) is 0 Å². The quantitative estimate of drug-likeness (QED) is 0.733. The maximum atomic E-state index is 12.1. The number of hydrogen-bond donors (Lipinski definition) is 1. The van der Waals surface area contributed by atoms with E-state index in [1.54, 1.807) is 6.92 Å². The number of carbonyl (C=O) groups excluding carboxylic acids is 1. The van der Waals surface area contributed by atoms with Crippen molar-refractivity contribution in [1.82, 2.24) is 0 Å². The Morgan fingerprint density at radius 3 is 1.94 bits per heavy atom. The van der Waals surface area contributed by atoms with E-state index in [-0.39, 0.29) is 22.9 Å². The molecule has 0 unspecified atom stereocenters. The lowest BCUT2D eigenvalue weighted by atomic mass is 9.78. The highest BCUT2D eigenvalue weighted by Crippen LogP contribution is 2.39. The van der Waals surface area contributed by atoms with Gasteiger partial charge in [0.05, 0.1) is 12.2 Å². The van der Waals surface area contributed by atoms with Gasteiger partial charge in [-0.05, 0) is 12.3 Å². The van der Waals surface area contributed by atoms with Crippen LogP contribution in [0.5, 0.6) is 0 Å². The first-order valence-electron chi connectivity index (χ1n) is 6.48. The van der Waals surface area contributed by atoms with E-state index in [1.165, 1.54) is 0 Å². The van der Waals surface area contributed by atoms with Crippen LogP contribution in [0.4, 0.5) is 0 Å². The van der Waals surface area contributed by atoms with Gasteiger partial charge in [0.25, 0.3) is 0 Å². The van der Waals surface area contributed by atoms with Gasteiger partial charge in [0.15, 0.2) is 0 Å². The van der Waals surface area contributed by atoms with Gasteiger partial charge in [-0.1, -0.05) is 41.5 Å². The van der Waals surface area contributed by atoms with Gasteiger partial charge in [-0.15, -0.1) is 0 Å². The van der Waals surface area contributed by atoms with Crippen LogP contribution in [-0.2, 0) is 14.3 Å².